The van der Waals surface area contributed by atoms with Gasteiger partial charge in [0.25, 0.3) is 0 Å². The van der Waals surface area contributed by atoms with Crippen molar-refractivity contribution in [1.29, 1.82) is 0 Å². The SMILES string of the molecule is O=C1C=C(S(=O)(=O)C2CCCC2)C(=O)c2ccccc21. The summed E-state index contributed by atoms with van der Waals surface area (Å²) in [5.74, 6) is -0.955. The molecule has 0 bridgehead atoms. The Morgan fingerprint density at radius 1 is 0.950 bits per heavy atom. The molecule has 2 aliphatic rings. The third-order valence-electron chi connectivity index (χ3n) is 3.97. The van der Waals surface area contributed by atoms with E-state index in [9.17, 15) is 18.0 Å². The molecule has 0 aliphatic heterocycles. The van der Waals surface area contributed by atoms with Crippen LogP contribution in [-0.2, 0) is 9.84 Å². The number of benzene rings is 1. The highest BCUT2D eigenvalue weighted by Gasteiger charge is 2.38. The fourth-order valence-electron chi connectivity index (χ4n) is 2.88. The molecule has 1 aromatic carbocycles. The zero-order valence-corrected chi connectivity index (χ0v) is 11.7. The number of Topliss-reactive ketones (excluding diaryl/α,β-unsaturated/α-hetero) is 1. The van der Waals surface area contributed by atoms with Crippen molar-refractivity contribution in [3.63, 3.8) is 0 Å². The van der Waals surface area contributed by atoms with Gasteiger partial charge in [0.05, 0.1) is 5.25 Å². The summed E-state index contributed by atoms with van der Waals surface area (Å²) in [4.78, 5) is 24.1. The first-order valence-electron chi connectivity index (χ1n) is 6.65. The average Bonchev–Trinajstić information content (AvgIpc) is 2.97. The average molecular weight is 290 g/mol. The van der Waals surface area contributed by atoms with E-state index in [1.165, 1.54) is 6.07 Å². The van der Waals surface area contributed by atoms with E-state index in [1.54, 1.807) is 18.2 Å². The quantitative estimate of drug-likeness (QED) is 0.838. The molecule has 0 N–H and O–H groups in total. The Balaban J connectivity index is 2.08. The van der Waals surface area contributed by atoms with Crippen LogP contribution in [0.1, 0.15) is 46.4 Å². The fourth-order valence-corrected chi connectivity index (χ4v) is 4.83. The number of hydrogen-bond acceptors (Lipinski definition) is 4. The number of fused-ring (bicyclic) bond motifs is 1. The number of allylic oxidation sites excluding steroid dienone is 2. The van der Waals surface area contributed by atoms with Gasteiger partial charge in [-0.05, 0) is 12.8 Å². The van der Waals surface area contributed by atoms with E-state index in [0.29, 0.717) is 12.8 Å². The Bertz CT molecular complexity index is 722. The van der Waals surface area contributed by atoms with Crippen LogP contribution in [0.4, 0.5) is 0 Å². The number of rotatable bonds is 2. The van der Waals surface area contributed by atoms with E-state index in [2.05, 4.69) is 0 Å². The maximum Gasteiger partial charge on any atom is 0.205 e. The molecule has 1 fully saturated rings. The Kier molecular flexibility index (Phi) is 3.09. The highest BCUT2D eigenvalue weighted by molar-refractivity contribution is 7.96. The number of carbonyl (C=O) groups is 2. The van der Waals surface area contributed by atoms with Gasteiger partial charge in [-0.3, -0.25) is 9.59 Å². The smallest absolute Gasteiger partial charge is 0.205 e. The van der Waals surface area contributed by atoms with Gasteiger partial charge in [0, 0.05) is 17.2 Å². The molecule has 0 unspecified atom stereocenters. The second-order valence-electron chi connectivity index (χ2n) is 5.20. The second-order valence-corrected chi connectivity index (χ2v) is 7.40. The molecule has 0 radical (unpaired) electrons. The molecule has 0 aromatic heterocycles. The van der Waals surface area contributed by atoms with E-state index in [4.69, 9.17) is 0 Å². The van der Waals surface area contributed by atoms with Crippen molar-refractivity contribution in [3.8, 4) is 0 Å². The predicted molar refractivity (Wildman–Crippen MR) is 74.4 cm³/mol. The zero-order chi connectivity index (χ0) is 14.3. The molecule has 1 saturated carbocycles. The summed E-state index contributed by atoms with van der Waals surface area (Å²) in [5.41, 5.74) is 0.472. The lowest BCUT2D eigenvalue weighted by Crippen LogP contribution is -2.28. The first-order chi connectivity index (χ1) is 9.51. The summed E-state index contributed by atoms with van der Waals surface area (Å²) in [6.07, 6.45) is 3.86. The van der Waals surface area contributed by atoms with Crippen LogP contribution < -0.4 is 0 Å². The van der Waals surface area contributed by atoms with Gasteiger partial charge in [0.2, 0.25) is 5.78 Å². The number of carbonyl (C=O) groups excluding carboxylic acids is 2. The van der Waals surface area contributed by atoms with Crippen LogP contribution in [0.5, 0.6) is 0 Å². The van der Waals surface area contributed by atoms with Crippen molar-refractivity contribution in [2.75, 3.05) is 0 Å². The molecule has 1 aromatic rings. The third kappa shape index (κ3) is 1.93. The molecule has 0 atom stereocenters. The summed E-state index contributed by atoms with van der Waals surface area (Å²) in [6.45, 7) is 0. The fraction of sp³-hybridized carbons (Fsp3) is 0.333. The van der Waals surface area contributed by atoms with Gasteiger partial charge in [-0.2, -0.15) is 0 Å². The molecule has 5 heteroatoms. The normalized spacial score (nSPS) is 19.9. The summed E-state index contributed by atoms with van der Waals surface area (Å²) < 4.78 is 25.0. The maximum absolute atomic E-state index is 12.5. The number of hydrogen-bond donors (Lipinski definition) is 0. The first kappa shape index (κ1) is 13.2. The Morgan fingerprint density at radius 3 is 2.20 bits per heavy atom. The zero-order valence-electron chi connectivity index (χ0n) is 10.8. The minimum absolute atomic E-state index is 0.191. The molecule has 2 aliphatic carbocycles. The van der Waals surface area contributed by atoms with Gasteiger partial charge in [-0.1, -0.05) is 37.1 Å². The highest BCUT2D eigenvalue weighted by Crippen LogP contribution is 2.33. The highest BCUT2D eigenvalue weighted by atomic mass is 32.2. The van der Waals surface area contributed by atoms with Crippen LogP contribution in [0.25, 0.3) is 0 Å². The molecule has 4 nitrogen and oxygen atoms in total. The van der Waals surface area contributed by atoms with Crippen molar-refractivity contribution >= 4 is 21.4 Å². The molecule has 0 amide bonds. The van der Waals surface area contributed by atoms with Gasteiger partial charge in [0.1, 0.15) is 4.91 Å². The van der Waals surface area contributed by atoms with Gasteiger partial charge in [-0.15, -0.1) is 0 Å². The minimum Gasteiger partial charge on any atom is -0.289 e. The Morgan fingerprint density at radius 2 is 1.55 bits per heavy atom. The van der Waals surface area contributed by atoms with E-state index in [-0.39, 0.29) is 16.0 Å². The van der Waals surface area contributed by atoms with Gasteiger partial charge < -0.3 is 0 Å². The van der Waals surface area contributed by atoms with Crippen LogP contribution in [0, 0.1) is 0 Å². The lowest BCUT2D eigenvalue weighted by Gasteiger charge is -2.18. The second kappa shape index (κ2) is 4.66. The largest absolute Gasteiger partial charge is 0.289 e. The van der Waals surface area contributed by atoms with E-state index in [1.807, 2.05) is 0 Å². The van der Waals surface area contributed by atoms with Gasteiger partial charge in [0.15, 0.2) is 15.6 Å². The van der Waals surface area contributed by atoms with Crippen molar-refractivity contribution in [2.45, 2.75) is 30.9 Å². The number of sulfone groups is 1. The Labute approximate surface area is 117 Å². The third-order valence-corrected chi connectivity index (χ3v) is 6.24. The molecule has 0 spiro atoms. The topological polar surface area (TPSA) is 68.3 Å². The summed E-state index contributed by atoms with van der Waals surface area (Å²) in [7, 11) is -3.70. The van der Waals surface area contributed by atoms with Gasteiger partial charge in [-0.25, -0.2) is 8.42 Å². The van der Waals surface area contributed by atoms with Crippen molar-refractivity contribution in [3.05, 3.63) is 46.4 Å². The van der Waals surface area contributed by atoms with E-state index in [0.717, 1.165) is 18.9 Å². The van der Waals surface area contributed by atoms with E-state index < -0.39 is 26.7 Å². The summed E-state index contributed by atoms with van der Waals surface area (Å²) >= 11 is 0. The lowest BCUT2D eigenvalue weighted by molar-refractivity contribution is 0.0990. The van der Waals surface area contributed by atoms with Crippen LogP contribution in [0.15, 0.2) is 35.2 Å². The van der Waals surface area contributed by atoms with Crippen LogP contribution in [0.3, 0.4) is 0 Å². The monoisotopic (exact) mass is 290 g/mol. The van der Waals surface area contributed by atoms with Crippen LogP contribution in [0.2, 0.25) is 0 Å². The Hall–Kier alpha value is -1.75. The summed E-state index contributed by atoms with van der Waals surface area (Å²) in [5, 5.41) is -0.518. The molecule has 20 heavy (non-hydrogen) atoms. The minimum atomic E-state index is -3.70. The molecule has 3 rings (SSSR count). The molecule has 0 saturated heterocycles. The molecular formula is C15H14O4S. The lowest BCUT2D eigenvalue weighted by atomic mass is 9.95. The molecule has 104 valence electrons. The molecule has 0 heterocycles. The van der Waals surface area contributed by atoms with Crippen molar-refractivity contribution in [2.24, 2.45) is 0 Å². The predicted octanol–water partition coefficient (Wildman–Crippen LogP) is 2.31. The number of ketones is 2. The first-order valence-corrected chi connectivity index (χ1v) is 8.20. The summed E-state index contributed by atoms with van der Waals surface area (Å²) in [6, 6.07) is 6.35. The van der Waals surface area contributed by atoms with E-state index >= 15 is 0 Å². The van der Waals surface area contributed by atoms with Crippen molar-refractivity contribution in [1.82, 2.24) is 0 Å². The molecular weight excluding hydrogens is 276 g/mol. The maximum atomic E-state index is 12.5. The van der Waals surface area contributed by atoms with Gasteiger partial charge >= 0.3 is 0 Å². The van der Waals surface area contributed by atoms with Crippen LogP contribution >= 0.6 is 0 Å². The van der Waals surface area contributed by atoms with Crippen LogP contribution in [-0.4, -0.2) is 25.2 Å². The standard InChI is InChI=1S/C15H14O4S/c16-13-9-14(20(18,19)10-5-1-2-6-10)15(17)12-8-4-3-7-11(12)13/h3-4,7-10H,1-2,5-6H2. The van der Waals surface area contributed by atoms with Crippen molar-refractivity contribution < 1.29 is 18.0 Å².